The number of ether oxygens (including phenoxy) is 1. The van der Waals surface area contributed by atoms with Crippen molar-refractivity contribution in [2.24, 2.45) is 11.8 Å². The van der Waals surface area contributed by atoms with Crippen molar-refractivity contribution in [2.75, 3.05) is 18.0 Å². The Kier molecular flexibility index (Phi) is 7.55. The van der Waals surface area contributed by atoms with E-state index in [1.54, 1.807) is 0 Å². The first-order valence-corrected chi connectivity index (χ1v) is 14.1. The molecule has 1 amide bonds. The van der Waals surface area contributed by atoms with E-state index in [0.717, 1.165) is 69.4 Å². The second-order valence-corrected chi connectivity index (χ2v) is 12.0. The predicted molar refractivity (Wildman–Crippen MR) is 146 cm³/mol. The maximum absolute atomic E-state index is 14.1. The highest BCUT2D eigenvalue weighted by molar-refractivity contribution is 5.85. The number of esters is 1. The maximum Gasteiger partial charge on any atom is 0.307 e. The zero-order valence-corrected chi connectivity index (χ0v) is 22.6. The zero-order chi connectivity index (χ0) is 26.0. The summed E-state index contributed by atoms with van der Waals surface area (Å²) in [6.45, 7) is 7.32. The van der Waals surface area contributed by atoms with Crippen LogP contribution in [0.25, 0.3) is 0 Å². The number of anilines is 2. The molecule has 2 fully saturated rings. The van der Waals surface area contributed by atoms with Crippen LogP contribution in [0.2, 0.25) is 0 Å². The van der Waals surface area contributed by atoms with Crippen LogP contribution >= 0.6 is 0 Å². The minimum Gasteiger partial charge on any atom is -0.460 e. The number of benzene rings is 1. The summed E-state index contributed by atoms with van der Waals surface area (Å²) >= 11 is 0. The second kappa shape index (κ2) is 10.8. The molecular formula is C31H41N3O3. The standard InChI is InChI=1S/C31H41N3O3/c1-31(2,3)37-29(35)21-25(22-10-5-4-6-11-22)30(36)34-18-9-14-27(34)24-15-17-32-28(20-24)33-19-16-23-12-7-8-13-26(23)33/h7-8,12-13,15,17,20,22,25,27H,4-6,9-11,14,16,18-19,21H2,1-3H3/t25-,27-/m0/s1. The SMILES string of the molecule is CC(C)(C)OC(=O)C[C@H](C(=O)N1CCC[C@H]1c1ccnc(N2CCc3ccccc32)c1)C1CCCCC1. The van der Waals surface area contributed by atoms with Gasteiger partial charge in [0.2, 0.25) is 5.91 Å². The van der Waals surface area contributed by atoms with Gasteiger partial charge in [-0.25, -0.2) is 4.98 Å². The summed E-state index contributed by atoms with van der Waals surface area (Å²) in [6, 6.07) is 12.8. The average Bonchev–Trinajstić information content (AvgIpc) is 3.54. The highest BCUT2D eigenvalue weighted by Gasteiger charge is 2.39. The van der Waals surface area contributed by atoms with Gasteiger partial charge < -0.3 is 14.5 Å². The van der Waals surface area contributed by atoms with E-state index in [2.05, 4.69) is 46.2 Å². The Morgan fingerprint density at radius 3 is 2.59 bits per heavy atom. The average molecular weight is 504 g/mol. The van der Waals surface area contributed by atoms with Gasteiger partial charge in [-0.2, -0.15) is 0 Å². The quantitative estimate of drug-likeness (QED) is 0.429. The van der Waals surface area contributed by atoms with Crippen LogP contribution < -0.4 is 4.90 Å². The Balaban J connectivity index is 1.37. The fourth-order valence-electron chi connectivity index (χ4n) is 6.51. The van der Waals surface area contributed by atoms with Gasteiger partial charge in [-0.05, 0) is 88.1 Å². The molecule has 2 aliphatic heterocycles. The molecule has 1 aliphatic carbocycles. The van der Waals surface area contributed by atoms with Gasteiger partial charge in [0.05, 0.1) is 18.4 Å². The van der Waals surface area contributed by atoms with Gasteiger partial charge in [0.1, 0.15) is 11.4 Å². The molecule has 0 unspecified atom stereocenters. The lowest BCUT2D eigenvalue weighted by atomic mass is 9.77. The zero-order valence-electron chi connectivity index (χ0n) is 22.6. The van der Waals surface area contributed by atoms with E-state index in [0.29, 0.717) is 0 Å². The first kappa shape index (κ1) is 25.7. The predicted octanol–water partition coefficient (Wildman–Crippen LogP) is 6.37. The van der Waals surface area contributed by atoms with Crippen molar-refractivity contribution in [3.8, 4) is 0 Å². The van der Waals surface area contributed by atoms with Crippen molar-refractivity contribution in [3.05, 3.63) is 53.7 Å². The number of hydrogen-bond donors (Lipinski definition) is 0. The molecule has 1 aromatic carbocycles. The van der Waals surface area contributed by atoms with E-state index in [-0.39, 0.29) is 36.2 Å². The Hall–Kier alpha value is -2.89. The number of likely N-dealkylation sites (tertiary alicyclic amines) is 1. The van der Waals surface area contributed by atoms with Gasteiger partial charge in [0.25, 0.3) is 0 Å². The Labute approximate surface area is 221 Å². The molecule has 3 heterocycles. The molecule has 37 heavy (non-hydrogen) atoms. The molecule has 6 nitrogen and oxygen atoms in total. The number of amides is 1. The number of nitrogens with zero attached hydrogens (tertiary/aromatic N) is 3. The largest absolute Gasteiger partial charge is 0.460 e. The number of pyridine rings is 1. The van der Waals surface area contributed by atoms with E-state index < -0.39 is 5.60 Å². The molecule has 198 valence electrons. The summed E-state index contributed by atoms with van der Waals surface area (Å²) in [5, 5.41) is 0. The fourth-order valence-corrected chi connectivity index (χ4v) is 6.51. The molecule has 2 atom stereocenters. The van der Waals surface area contributed by atoms with Gasteiger partial charge in [-0.1, -0.05) is 37.5 Å². The topological polar surface area (TPSA) is 62.7 Å². The van der Waals surface area contributed by atoms with E-state index in [1.807, 2.05) is 27.0 Å². The molecule has 6 heteroatoms. The molecule has 3 aliphatic rings. The normalized spacial score (nSPS) is 21.1. The summed E-state index contributed by atoms with van der Waals surface area (Å²) in [5.41, 5.74) is 3.17. The van der Waals surface area contributed by atoms with E-state index in [4.69, 9.17) is 9.72 Å². The number of carbonyl (C=O) groups is 2. The lowest BCUT2D eigenvalue weighted by Crippen LogP contribution is -2.41. The van der Waals surface area contributed by atoms with Crippen LogP contribution in [0.5, 0.6) is 0 Å². The maximum atomic E-state index is 14.1. The number of fused-ring (bicyclic) bond motifs is 1. The molecule has 0 radical (unpaired) electrons. The molecule has 1 saturated heterocycles. The Morgan fingerprint density at radius 2 is 1.81 bits per heavy atom. The summed E-state index contributed by atoms with van der Waals surface area (Å²) in [5.74, 6) is 0.766. The Morgan fingerprint density at radius 1 is 1.03 bits per heavy atom. The van der Waals surface area contributed by atoms with E-state index in [9.17, 15) is 9.59 Å². The van der Waals surface area contributed by atoms with Crippen LogP contribution in [-0.4, -0.2) is 40.5 Å². The van der Waals surface area contributed by atoms with Crippen molar-refractivity contribution in [1.29, 1.82) is 0 Å². The third-order valence-electron chi connectivity index (χ3n) is 8.20. The van der Waals surface area contributed by atoms with Gasteiger partial charge in [0.15, 0.2) is 0 Å². The molecule has 2 aromatic rings. The molecule has 1 saturated carbocycles. The number of hydrogen-bond acceptors (Lipinski definition) is 5. The lowest BCUT2D eigenvalue weighted by molar-refractivity contribution is -0.160. The molecular weight excluding hydrogens is 462 g/mol. The van der Waals surface area contributed by atoms with Crippen molar-refractivity contribution < 1.29 is 14.3 Å². The van der Waals surface area contributed by atoms with Crippen molar-refractivity contribution in [2.45, 2.75) is 90.2 Å². The summed E-state index contributed by atoms with van der Waals surface area (Å²) in [4.78, 5) is 36.0. The van der Waals surface area contributed by atoms with Gasteiger partial charge >= 0.3 is 5.97 Å². The number of rotatable bonds is 6. The van der Waals surface area contributed by atoms with E-state index >= 15 is 0 Å². The van der Waals surface area contributed by atoms with Crippen LogP contribution in [-0.2, 0) is 20.7 Å². The first-order valence-electron chi connectivity index (χ1n) is 14.1. The second-order valence-electron chi connectivity index (χ2n) is 12.0. The molecule has 0 bridgehead atoms. The minimum atomic E-state index is -0.547. The summed E-state index contributed by atoms with van der Waals surface area (Å²) in [7, 11) is 0. The third kappa shape index (κ3) is 5.83. The van der Waals surface area contributed by atoms with Crippen LogP contribution in [0.1, 0.15) is 89.3 Å². The minimum absolute atomic E-state index is 0.0248. The Bertz CT molecular complexity index is 1120. The summed E-state index contributed by atoms with van der Waals surface area (Å²) in [6.07, 6.45) is 10.5. The van der Waals surface area contributed by atoms with Gasteiger partial charge in [-0.3, -0.25) is 9.59 Å². The van der Waals surface area contributed by atoms with Crippen LogP contribution in [0.3, 0.4) is 0 Å². The summed E-state index contributed by atoms with van der Waals surface area (Å²) < 4.78 is 5.66. The fraction of sp³-hybridized carbons (Fsp3) is 0.581. The molecule has 1 aromatic heterocycles. The number of carbonyl (C=O) groups excluding carboxylic acids is 2. The lowest BCUT2D eigenvalue weighted by Gasteiger charge is -2.35. The van der Waals surface area contributed by atoms with Crippen LogP contribution in [0, 0.1) is 11.8 Å². The van der Waals surface area contributed by atoms with Gasteiger partial charge in [-0.15, -0.1) is 0 Å². The molecule has 5 rings (SSSR count). The number of para-hydroxylation sites is 1. The van der Waals surface area contributed by atoms with Crippen molar-refractivity contribution in [1.82, 2.24) is 9.88 Å². The van der Waals surface area contributed by atoms with E-state index in [1.165, 1.54) is 17.7 Å². The monoisotopic (exact) mass is 503 g/mol. The van der Waals surface area contributed by atoms with Crippen LogP contribution in [0.15, 0.2) is 42.6 Å². The smallest absolute Gasteiger partial charge is 0.307 e. The third-order valence-corrected chi connectivity index (χ3v) is 8.20. The number of aromatic nitrogens is 1. The highest BCUT2D eigenvalue weighted by Crippen LogP contribution is 2.40. The molecule has 0 spiro atoms. The first-order chi connectivity index (χ1) is 17.8. The van der Waals surface area contributed by atoms with Crippen molar-refractivity contribution in [3.63, 3.8) is 0 Å². The van der Waals surface area contributed by atoms with Crippen molar-refractivity contribution >= 4 is 23.4 Å². The highest BCUT2D eigenvalue weighted by atomic mass is 16.6. The van der Waals surface area contributed by atoms with Crippen LogP contribution in [0.4, 0.5) is 11.5 Å². The molecule has 0 N–H and O–H groups in total. The van der Waals surface area contributed by atoms with Gasteiger partial charge in [0, 0.05) is 25.0 Å².